The molecule has 1 N–H and O–H groups in total. The Labute approximate surface area is 208 Å². The third-order valence-corrected chi connectivity index (χ3v) is 8.50. The molecule has 4 rings (SSSR count). The Hall–Kier alpha value is -3.16. The third kappa shape index (κ3) is 5.92. The summed E-state index contributed by atoms with van der Waals surface area (Å²) in [4.78, 5) is 13.3. The summed E-state index contributed by atoms with van der Waals surface area (Å²) >= 11 is 0. The summed E-state index contributed by atoms with van der Waals surface area (Å²) in [7, 11) is -3.68. The number of benzene rings is 3. The number of nitrogens with zero attached hydrogens (tertiary/aromatic N) is 1. The number of aryl methyl sites for hydroxylation is 3. The predicted molar refractivity (Wildman–Crippen MR) is 138 cm³/mol. The maximum absolute atomic E-state index is 13.4. The Kier molecular flexibility index (Phi) is 7.57. The number of rotatable bonds is 7. The van der Waals surface area contributed by atoms with Crippen LogP contribution in [-0.2, 0) is 21.4 Å². The van der Waals surface area contributed by atoms with Crippen molar-refractivity contribution in [3.05, 3.63) is 89.0 Å². The fourth-order valence-corrected chi connectivity index (χ4v) is 6.63. The molecule has 3 aromatic carbocycles. The normalized spacial score (nSPS) is 16.6. The van der Waals surface area contributed by atoms with Crippen LogP contribution in [0, 0.1) is 26.7 Å². The van der Waals surface area contributed by atoms with E-state index in [9.17, 15) is 13.2 Å². The number of hydrogen-bond acceptors (Lipinski definition) is 4. The lowest BCUT2D eigenvalue weighted by Crippen LogP contribution is -2.44. The topological polar surface area (TPSA) is 75.7 Å². The molecule has 0 unspecified atom stereocenters. The average Bonchev–Trinajstić information content (AvgIpc) is 2.83. The summed E-state index contributed by atoms with van der Waals surface area (Å²) in [5.74, 6) is 0.143. The monoisotopic (exact) mass is 492 g/mol. The highest BCUT2D eigenvalue weighted by atomic mass is 32.2. The summed E-state index contributed by atoms with van der Waals surface area (Å²) in [6.07, 6.45) is 1.30. The molecule has 1 aliphatic heterocycles. The van der Waals surface area contributed by atoms with Crippen LogP contribution in [0.4, 0.5) is 5.69 Å². The van der Waals surface area contributed by atoms with E-state index in [1.54, 1.807) is 12.1 Å². The molecule has 1 saturated heterocycles. The minimum atomic E-state index is -3.68. The Morgan fingerprint density at radius 3 is 2.31 bits per heavy atom. The van der Waals surface area contributed by atoms with Crippen LogP contribution in [0.2, 0.25) is 0 Å². The number of anilines is 1. The quantitative estimate of drug-likeness (QED) is 0.490. The van der Waals surface area contributed by atoms with E-state index in [-0.39, 0.29) is 12.5 Å². The number of ether oxygens (including phenoxy) is 1. The summed E-state index contributed by atoms with van der Waals surface area (Å²) in [5.41, 5.74) is 4.25. The number of carbonyl (C=O) groups is 1. The molecule has 3 aromatic rings. The Balaban J connectivity index is 1.39. The highest BCUT2D eigenvalue weighted by Gasteiger charge is 2.34. The molecule has 0 aromatic heterocycles. The van der Waals surface area contributed by atoms with Crippen LogP contribution in [0.1, 0.15) is 35.1 Å². The molecule has 1 heterocycles. The molecule has 6 nitrogen and oxygen atoms in total. The maximum Gasteiger partial charge on any atom is 0.243 e. The van der Waals surface area contributed by atoms with E-state index >= 15 is 0 Å². The molecule has 1 aliphatic rings. The zero-order chi connectivity index (χ0) is 25.0. The fourth-order valence-electron chi connectivity index (χ4n) is 4.70. The molecule has 0 radical (unpaired) electrons. The highest BCUT2D eigenvalue weighted by molar-refractivity contribution is 7.89. The second kappa shape index (κ2) is 10.6. The largest absolute Gasteiger partial charge is 0.489 e. The van der Waals surface area contributed by atoms with Gasteiger partial charge in [0.25, 0.3) is 0 Å². The van der Waals surface area contributed by atoms with Crippen molar-refractivity contribution in [2.45, 2.75) is 45.1 Å². The van der Waals surface area contributed by atoms with Crippen molar-refractivity contribution in [2.24, 2.45) is 5.92 Å². The van der Waals surface area contributed by atoms with E-state index in [1.807, 2.05) is 75.4 Å². The number of hydrogen-bond donors (Lipinski definition) is 1. The van der Waals surface area contributed by atoms with Crippen LogP contribution < -0.4 is 10.1 Å². The van der Waals surface area contributed by atoms with Gasteiger partial charge in [-0.15, -0.1) is 0 Å². The molecule has 1 fully saturated rings. The first kappa shape index (κ1) is 24.9. The van der Waals surface area contributed by atoms with Gasteiger partial charge in [-0.3, -0.25) is 4.79 Å². The van der Waals surface area contributed by atoms with Crippen molar-refractivity contribution in [3.63, 3.8) is 0 Å². The lowest BCUT2D eigenvalue weighted by atomic mass is 9.98. The van der Waals surface area contributed by atoms with E-state index in [2.05, 4.69) is 5.32 Å². The SMILES string of the molecule is Cc1cc(C)c(S(=O)(=O)N2CCC[C@@H](C(=O)Nc3ccc(OCc4ccccc4)cc3)C2)c(C)c1. The van der Waals surface area contributed by atoms with Gasteiger partial charge in [0.05, 0.1) is 10.8 Å². The van der Waals surface area contributed by atoms with Gasteiger partial charge in [0.1, 0.15) is 12.4 Å². The number of amides is 1. The van der Waals surface area contributed by atoms with E-state index < -0.39 is 15.9 Å². The van der Waals surface area contributed by atoms with Crippen LogP contribution in [0.15, 0.2) is 71.6 Å². The van der Waals surface area contributed by atoms with E-state index in [0.717, 1.165) is 22.3 Å². The second-order valence-electron chi connectivity index (χ2n) is 9.22. The summed E-state index contributed by atoms with van der Waals surface area (Å²) in [5, 5.41) is 2.94. The molecule has 0 saturated carbocycles. The van der Waals surface area contributed by atoms with Crippen LogP contribution in [-0.4, -0.2) is 31.7 Å². The van der Waals surface area contributed by atoms with Crippen LogP contribution in [0.5, 0.6) is 5.75 Å². The van der Waals surface area contributed by atoms with Gasteiger partial charge >= 0.3 is 0 Å². The first-order valence-electron chi connectivity index (χ1n) is 11.9. The summed E-state index contributed by atoms with van der Waals surface area (Å²) in [6.45, 7) is 6.69. The molecule has 1 amide bonds. The van der Waals surface area contributed by atoms with Crippen molar-refractivity contribution >= 4 is 21.6 Å². The second-order valence-corrected chi connectivity index (χ2v) is 11.1. The van der Waals surface area contributed by atoms with Gasteiger partial charge in [-0.2, -0.15) is 4.31 Å². The van der Waals surface area contributed by atoms with E-state index in [4.69, 9.17) is 4.74 Å². The lowest BCUT2D eigenvalue weighted by Gasteiger charge is -2.32. The first-order valence-corrected chi connectivity index (χ1v) is 13.3. The molecule has 0 aliphatic carbocycles. The van der Waals surface area contributed by atoms with Crippen LogP contribution >= 0.6 is 0 Å². The van der Waals surface area contributed by atoms with E-state index in [1.165, 1.54) is 4.31 Å². The van der Waals surface area contributed by atoms with Crippen molar-refractivity contribution < 1.29 is 17.9 Å². The van der Waals surface area contributed by atoms with Crippen molar-refractivity contribution in [2.75, 3.05) is 18.4 Å². The molecule has 1 atom stereocenters. The van der Waals surface area contributed by atoms with E-state index in [0.29, 0.717) is 42.3 Å². The van der Waals surface area contributed by atoms with Gasteiger partial charge < -0.3 is 10.1 Å². The van der Waals surface area contributed by atoms with Crippen molar-refractivity contribution in [1.82, 2.24) is 4.31 Å². The smallest absolute Gasteiger partial charge is 0.243 e. The van der Waals surface area contributed by atoms with Crippen LogP contribution in [0.3, 0.4) is 0 Å². The zero-order valence-electron chi connectivity index (χ0n) is 20.5. The lowest BCUT2D eigenvalue weighted by molar-refractivity contribution is -0.120. The zero-order valence-corrected chi connectivity index (χ0v) is 21.3. The Bertz CT molecular complexity index is 1270. The number of sulfonamides is 1. The standard InChI is InChI=1S/C28H32N2O4S/c1-20-16-21(2)27(22(3)17-20)35(32,33)30-15-7-10-24(18-30)28(31)29-25-11-13-26(14-12-25)34-19-23-8-5-4-6-9-23/h4-6,8-9,11-14,16-17,24H,7,10,15,18-19H2,1-3H3,(H,29,31)/t24-/m1/s1. The van der Waals surface area contributed by atoms with Crippen molar-refractivity contribution in [3.8, 4) is 5.75 Å². The molecule has 0 bridgehead atoms. The average molecular weight is 493 g/mol. The number of piperidine rings is 1. The molecular weight excluding hydrogens is 460 g/mol. The molecule has 184 valence electrons. The molecule has 0 spiro atoms. The van der Waals surface area contributed by atoms with Crippen LogP contribution in [0.25, 0.3) is 0 Å². The van der Waals surface area contributed by atoms with Gasteiger partial charge in [0.15, 0.2) is 0 Å². The Morgan fingerprint density at radius 2 is 1.66 bits per heavy atom. The minimum Gasteiger partial charge on any atom is -0.489 e. The molecule has 7 heteroatoms. The maximum atomic E-state index is 13.4. The summed E-state index contributed by atoms with van der Waals surface area (Å²) in [6, 6.07) is 20.9. The Morgan fingerprint density at radius 1 is 1.00 bits per heavy atom. The van der Waals surface area contributed by atoms with Crippen molar-refractivity contribution in [1.29, 1.82) is 0 Å². The first-order chi connectivity index (χ1) is 16.7. The van der Waals surface area contributed by atoms with Gasteiger partial charge in [-0.25, -0.2) is 8.42 Å². The molecular formula is C28H32N2O4S. The highest BCUT2D eigenvalue weighted by Crippen LogP contribution is 2.29. The predicted octanol–water partition coefficient (Wildman–Crippen LogP) is 5.23. The third-order valence-electron chi connectivity index (χ3n) is 6.33. The van der Waals surface area contributed by atoms with Gasteiger partial charge in [-0.05, 0) is 74.6 Å². The summed E-state index contributed by atoms with van der Waals surface area (Å²) < 4.78 is 34.2. The van der Waals surface area contributed by atoms with Gasteiger partial charge in [0.2, 0.25) is 15.9 Å². The number of carbonyl (C=O) groups excluding carboxylic acids is 1. The number of nitrogens with one attached hydrogen (secondary N) is 1. The van der Waals surface area contributed by atoms with Gasteiger partial charge in [0, 0.05) is 18.8 Å². The van der Waals surface area contributed by atoms with Gasteiger partial charge in [-0.1, -0.05) is 48.0 Å². The fraction of sp³-hybridized carbons (Fsp3) is 0.321. The molecule has 35 heavy (non-hydrogen) atoms. The minimum absolute atomic E-state index is 0.166.